The van der Waals surface area contributed by atoms with Crippen LogP contribution in [0, 0.1) is 5.92 Å². The van der Waals surface area contributed by atoms with Crippen molar-refractivity contribution in [2.45, 2.75) is 38.3 Å². The number of rotatable bonds is 5. The van der Waals surface area contributed by atoms with Crippen LogP contribution in [-0.2, 0) is 4.74 Å². The Morgan fingerprint density at radius 3 is 2.65 bits per heavy atom. The second-order valence-electron chi connectivity index (χ2n) is 5.86. The molecule has 3 rings (SSSR count). The first-order valence-electron chi connectivity index (χ1n) is 7.62. The van der Waals surface area contributed by atoms with Crippen molar-refractivity contribution in [3.05, 3.63) is 48.0 Å². The highest BCUT2D eigenvalue weighted by Crippen LogP contribution is 2.36. The van der Waals surface area contributed by atoms with Gasteiger partial charge in [-0.25, -0.2) is 0 Å². The molecule has 1 aliphatic rings. The number of nitrogens with two attached hydrogens (primary N) is 1. The molecule has 1 fully saturated rings. The number of hydrogen-bond acceptors (Lipinski definition) is 2. The third kappa shape index (κ3) is 2.87. The van der Waals surface area contributed by atoms with Crippen molar-refractivity contribution in [2.75, 3.05) is 6.61 Å². The normalized spacial score (nSPS) is 23.5. The zero-order valence-corrected chi connectivity index (χ0v) is 12.1. The van der Waals surface area contributed by atoms with E-state index in [9.17, 15) is 0 Å². The van der Waals surface area contributed by atoms with Crippen LogP contribution in [-0.4, -0.2) is 12.7 Å². The maximum Gasteiger partial charge on any atom is 0.0580 e. The summed E-state index contributed by atoms with van der Waals surface area (Å²) in [6.07, 6.45) is 3.90. The molecule has 2 nitrogen and oxygen atoms in total. The zero-order chi connectivity index (χ0) is 13.9. The molecule has 1 atom stereocenters. The molecule has 2 heteroatoms. The zero-order valence-electron chi connectivity index (χ0n) is 12.1. The van der Waals surface area contributed by atoms with Gasteiger partial charge in [-0.2, -0.15) is 0 Å². The Balaban J connectivity index is 1.63. The summed E-state index contributed by atoms with van der Waals surface area (Å²) in [5.41, 5.74) is 7.63. The van der Waals surface area contributed by atoms with Gasteiger partial charge in [0.15, 0.2) is 0 Å². The Morgan fingerprint density at radius 1 is 1.15 bits per heavy atom. The lowest BCUT2D eigenvalue weighted by Crippen LogP contribution is -2.33. The molecule has 0 aliphatic heterocycles. The van der Waals surface area contributed by atoms with E-state index in [1.54, 1.807) is 0 Å². The smallest absolute Gasteiger partial charge is 0.0580 e. The van der Waals surface area contributed by atoms with Gasteiger partial charge >= 0.3 is 0 Å². The highest BCUT2D eigenvalue weighted by molar-refractivity contribution is 5.83. The minimum absolute atomic E-state index is 0.146. The molecule has 1 aliphatic carbocycles. The Labute approximate surface area is 120 Å². The van der Waals surface area contributed by atoms with Crippen LogP contribution < -0.4 is 5.73 Å². The van der Waals surface area contributed by atoms with Crippen LogP contribution in [0.3, 0.4) is 0 Å². The highest BCUT2D eigenvalue weighted by Gasteiger charge is 2.30. The van der Waals surface area contributed by atoms with Gasteiger partial charge in [-0.1, -0.05) is 36.4 Å². The van der Waals surface area contributed by atoms with Crippen LogP contribution in [0.1, 0.15) is 37.8 Å². The van der Waals surface area contributed by atoms with E-state index in [2.05, 4.69) is 49.4 Å². The fourth-order valence-corrected chi connectivity index (χ4v) is 3.17. The Hall–Kier alpha value is -1.38. The summed E-state index contributed by atoms with van der Waals surface area (Å²) in [6, 6.07) is 15.2. The van der Waals surface area contributed by atoms with Gasteiger partial charge in [0.1, 0.15) is 0 Å². The molecule has 0 saturated heterocycles. The largest absolute Gasteiger partial charge is 0.378 e. The number of ether oxygens (including phenoxy) is 1. The molecular weight excluding hydrogens is 246 g/mol. The van der Waals surface area contributed by atoms with Crippen LogP contribution in [0.4, 0.5) is 0 Å². The molecule has 2 N–H and O–H groups in total. The molecule has 0 spiro atoms. The topological polar surface area (TPSA) is 35.2 Å². The van der Waals surface area contributed by atoms with E-state index in [0.29, 0.717) is 6.10 Å². The number of fused-ring (bicyclic) bond motifs is 1. The van der Waals surface area contributed by atoms with Crippen LogP contribution in [0.15, 0.2) is 42.5 Å². The average Bonchev–Trinajstić information content (AvgIpc) is 2.44. The van der Waals surface area contributed by atoms with Gasteiger partial charge in [-0.3, -0.25) is 0 Å². The van der Waals surface area contributed by atoms with Crippen LogP contribution in [0.2, 0.25) is 0 Å². The number of benzene rings is 2. The predicted molar refractivity (Wildman–Crippen MR) is 83.6 cm³/mol. The second kappa shape index (κ2) is 5.94. The van der Waals surface area contributed by atoms with E-state index < -0.39 is 0 Å². The minimum Gasteiger partial charge on any atom is -0.378 e. The van der Waals surface area contributed by atoms with E-state index in [0.717, 1.165) is 18.9 Å². The van der Waals surface area contributed by atoms with Crippen molar-refractivity contribution in [1.29, 1.82) is 0 Å². The quantitative estimate of drug-likeness (QED) is 0.889. The lowest BCUT2D eigenvalue weighted by Gasteiger charge is -2.36. The summed E-state index contributed by atoms with van der Waals surface area (Å²) in [7, 11) is 0. The SMILES string of the molecule is CCOC1CC(CC(N)c2ccc3ccccc3c2)C1. The van der Waals surface area contributed by atoms with E-state index in [-0.39, 0.29) is 6.04 Å². The van der Waals surface area contributed by atoms with E-state index in [1.165, 1.54) is 29.2 Å². The van der Waals surface area contributed by atoms with Gasteiger partial charge in [-0.15, -0.1) is 0 Å². The van der Waals surface area contributed by atoms with Crippen LogP contribution >= 0.6 is 0 Å². The highest BCUT2D eigenvalue weighted by atomic mass is 16.5. The minimum atomic E-state index is 0.146. The molecular formula is C18H23NO. The molecule has 0 bridgehead atoms. The molecule has 2 aromatic rings. The fraction of sp³-hybridized carbons (Fsp3) is 0.444. The summed E-state index contributed by atoms with van der Waals surface area (Å²) >= 11 is 0. The fourth-order valence-electron chi connectivity index (χ4n) is 3.17. The molecule has 0 aromatic heterocycles. The molecule has 1 unspecified atom stereocenters. The van der Waals surface area contributed by atoms with Gasteiger partial charge in [0.2, 0.25) is 0 Å². The first kappa shape index (κ1) is 13.6. The maximum absolute atomic E-state index is 6.37. The standard InChI is InChI=1S/C18H23NO/c1-2-20-17-9-13(10-17)11-18(19)16-8-7-14-5-3-4-6-15(14)12-16/h3-8,12-13,17-18H,2,9-11,19H2,1H3. The van der Waals surface area contributed by atoms with Gasteiger partial charge in [0.05, 0.1) is 6.10 Å². The Bertz CT molecular complexity index is 574. The van der Waals surface area contributed by atoms with Crippen molar-refractivity contribution in [2.24, 2.45) is 11.7 Å². The third-order valence-corrected chi connectivity index (χ3v) is 4.38. The number of hydrogen-bond donors (Lipinski definition) is 1. The van der Waals surface area contributed by atoms with Gasteiger partial charge < -0.3 is 10.5 Å². The van der Waals surface area contributed by atoms with Crippen molar-refractivity contribution < 1.29 is 4.74 Å². The third-order valence-electron chi connectivity index (χ3n) is 4.38. The first-order valence-corrected chi connectivity index (χ1v) is 7.62. The first-order chi connectivity index (χ1) is 9.76. The summed E-state index contributed by atoms with van der Waals surface area (Å²) < 4.78 is 5.61. The summed E-state index contributed by atoms with van der Waals surface area (Å²) in [5, 5.41) is 2.56. The molecule has 0 amide bonds. The molecule has 106 valence electrons. The molecule has 0 radical (unpaired) electrons. The summed E-state index contributed by atoms with van der Waals surface area (Å²) in [4.78, 5) is 0. The van der Waals surface area contributed by atoms with Gasteiger partial charge in [0, 0.05) is 12.6 Å². The maximum atomic E-state index is 6.37. The molecule has 20 heavy (non-hydrogen) atoms. The molecule has 1 saturated carbocycles. The van der Waals surface area contributed by atoms with Gasteiger partial charge in [0.25, 0.3) is 0 Å². The van der Waals surface area contributed by atoms with Crippen molar-refractivity contribution in [3.63, 3.8) is 0 Å². The van der Waals surface area contributed by atoms with E-state index in [1.807, 2.05) is 0 Å². The monoisotopic (exact) mass is 269 g/mol. The van der Waals surface area contributed by atoms with E-state index >= 15 is 0 Å². The molecule has 2 aromatic carbocycles. The second-order valence-corrected chi connectivity index (χ2v) is 5.86. The lowest BCUT2D eigenvalue weighted by atomic mass is 9.77. The average molecular weight is 269 g/mol. The Morgan fingerprint density at radius 2 is 1.90 bits per heavy atom. The van der Waals surface area contributed by atoms with Crippen molar-refractivity contribution in [1.82, 2.24) is 0 Å². The predicted octanol–water partition coefficient (Wildman–Crippen LogP) is 4.04. The summed E-state index contributed by atoms with van der Waals surface area (Å²) in [5.74, 6) is 0.730. The van der Waals surface area contributed by atoms with E-state index in [4.69, 9.17) is 10.5 Å². The van der Waals surface area contributed by atoms with Crippen molar-refractivity contribution in [3.8, 4) is 0 Å². The Kier molecular flexibility index (Phi) is 4.04. The molecule has 0 heterocycles. The lowest BCUT2D eigenvalue weighted by molar-refractivity contribution is -0.0282. The van der Waals surface area contributed by atoms with Gasteiger partial charge in [-0.05, 0) is 54.5 Å². The van der Waals surface area contributed by atoms with Crippen LogP contribution in [0.5, 0.6) is 0 Å². The summed E-state index contributed by atoms with van der Waals surface area (Å²) in [6.45, 7) is 2.89. The van der Waals surface area contributed by atoms with Crippen molar-refractivity contribution >= 4 is 10.8 Å². The van der Waals surface area contributed by atoms with Crippen LogP contribution in [0.25, 0.3) is 10.8 Å².